The van der Waals surface area contributed by atoms with Gasteiger partial charge in [0.15, 0.2) is 0 Å². The molecule has 0 aromatic heterocycles. The number of rotatable bonds is 5. The highest BCUT2D eigenvalue weighted by Crippen LogP contribution is 2.21. The fraction of sp³-hybridized carbons (Fsp3) is 0.222. The van der Waals surface area contributed by atoms with Crippen LogP contribution in [0.15, 0.2) is 54.6 Å². The Balaban J connectivity index is 2.11. The van der Waals surface area contributed by atoms with Crippen molar-refractivity contribution in [2.45, 2.75) is 12.5 Å². The Hall–Kier alpha value is -2.53. The number of para-hydroxylation sites is 1. The van der Waals surface area contributed by atoms with Crippen LogP contribution in [0.3, 0.4) is 0 Å². The maximum absolute atomic E-state index is 12.3. The lowest BCUT2D eigenvalue weighted by molar-refractivity contribution is -0.129. The number of benzene rings is 2. The van der Waals surface area contributed by atoms with E-state index >= 15 is 0 Å². The van der Waals surface area contributed by atoms with E-state index in [1.807, 2.05) is 30.3 Å². The Bertz CT molecular complexity index is 704. The van der Waals surface area contributed by atoms with Crippen LogP contribution in [0.4, 0.5) is 10.5 Å². The maximum atomic E-state index is 12.3. The van der Waals surface area contributed by atoms with Gasteiger partial charge in [-0.1, -0.05) is 54.1 Å². The molecule has 2 N–H and O–H groups in total. The van der Waals surface area contributed by atoms with Gasteiger partial charge in [-0.25, -0.2) is 4.79 Å². The molecule has 126 valence electrons. The Labute approximate surface area is 146 Å². The van der Waals surface area contributed by atoms with Crippen LogP contribution in [0.25, 0.3) is 0 Å². The summed E-state index contributed by atoms with van der Waals surface area (Å²) >= 11 is 6.04. The Morgan fingerprint density at radius 1 is 1.04 bits per heavy atom. The summed E-state index contributed by atoms with van der Waals surface area (Å²) < 4.78 is 0. The van der Waals surface area contributed by atoms with E-state index < -0.39 is 12.1 Å². The van der Waals surface area contributed by atoms with Crippen LogP contribution in [0.2, 0.25) is 5.02 Å². The average Bonchev–Trinajstić information content (AvgIpc) is 2.57. The normalized spacial score (nSPS) is 11.5. The van der Waals surface area contributed by atoms with Crippen molar-refractivity contribution in [2.75, 3.05) is 19.4 Å². The molecule has 0 bridgehead atoms. The van der Waals surface area contributed by atoms with E-state index in [-0.39, 0.29) is 12.3 Å². The highest BCUT2D eigenvalue weighted by Gasteiger charge is 2.19. The third kappa shape index (κ3) is 4.99. The van der Waals surface area contributed by atoms with Gasteiger partial charge in [-0.3, -0.25) is 4.79 Å². The molecule has 0 unspecified atom stereocenters. The Kier molecular flexibility index (Phi) is 6.21. The minimum absolute atomic E-state index is 0.0677. The average molecular weight is 346 g/mol. The smallest absolute Gasteiger partial charge is 0.319 e. The summed E-state index contributed by atoms with van der Waals surface area (Å²) in [7, 11) is 3.38. The topological polar surface area (TPSA) is 61.4 Å². The van der Waals surface area contributed by atoms with Crippen LogP contribution in [0.1, 0.15) is 18.0 Å². The van der Waals surface area contributed by atoms with Crippen molar-refractivity contribution in [3.63, 3.8) is 0 Å². The molecule has 0 spiro atoms. The predicted octanol–water partition coefficient (Wildman–Crippen LogP) is 3.68. The molecule has 0 saturated heterocycles. The van der Waals surface area contributed by atoms with Crippen molar-refractivity contribution in [1.82, 2.24) is 10.2 Å². The quantitative estimate of drug-likeness (QED) is 0.868. The zero-order valence-corrected chi connectivity index (χ0v) is 14.4. The van der Waals surface area contributed by atoms with E-state index in [4.69, 9.17) is 11.6 Å². The summed E-state index contributed by atoms with van der Waals surface area (Å²) in [6, 6.07) is 15.5. The van der Waals surface area contributed by atoms with Gasteiger partial charge >= 0.3 is 6.03 Å². The Morgan fingerprint density at radius 3 is 2.29 bits per heavy atom. The van der Waals surface area contributed by atoms with Gasteiger partial charge < -0.3 is 15.5 Å². The van der Waals surface area contributed by atoms with Crippen LogP contribution >= 0.6 is 11.6 Å². The zero-order valence-electron chi connectivity index (χ0n) is 13.6. The monoisotopic (exact) mass is 345 g/mol. The van der Waals surface area contributed by atoms with Crippen LogP contribution < -0.4 is 10.6 Å². The minimum Gasteiger partial charge on any atom is -0.349 e. The molecule has 3 amide bonds. The molecule has 6 heteroatoms. The van der Waals surface area contributed by atoms with Crippen LogP contribution in [0.5, 0.6) is 0 Å². The number of hydrogen-bond donors (Lipinski definition) is 2. The molecular weight excluding hydrogens is 326 g/mol. The Morgan fingerprint density at radius 2 is 1.67 bits per heavy atom. The highest BCUT2D eigenvalue weighted by molar-refractivity contribution is 6.33. The second-order valence-corrected chi connectivity index (χ2v) is 5.94. The van der Waals surface area contributed by atoms with Crippen LogP contribution in [-0.4, -0.2) is 30.9 Å². The first-order chi connectivity index (χ1) is 11.5. The molecule has 0 radical (unpaired) electrons. The van der Waals surface area contributed by atoms with E-state index in [9.17, 15) is 9.59 Å². The van der Waals surface area contributed by atoms with Gasteiger partial charge in [0.25, 0.3) is 0 Å². The van der Waals surface area contributed by atoms with E-state index in [1.54, 1.807) is 38.4 Å². The van der Waals surface area contributed by atoms with Crippen LogP contribution in [-0.2, 0) is 4.79 Å². The number of urea groups is 1. The van der Waals surface area contributed by atoms with E-state index in [1.165, 1.54) is 4.90 Å². The number of anilines is 1. The number of carbonyl (C=O) groups is 2. The standard InChI is InChI=1S/C18H20ClN3O2/c1-22(2)17(23)12-16(13-8-4-3-5-9-13)21-18(24)20-15-11-7-6-10-14(15)19/h3-11,16H,12H2,1-2H3,(H2,20,21,24)/t16-/m0/s1. The fourth-order valence-electron chi connectivity index (χ4n) is 2.17. The molecule has 2 aromatic carbocycles. The summed E-state index contributed by atoms with van der Waals surface area (Å²) in [5.41, 5.74) is 1.38. The fourth-order valence-corrected chi connectivity index (χ4v) is 2.36. The zero-order chi connectivity index (χ0) is 17.5. The molecule has 2 rings (SSSR count). The summed E-state index contributed by atoms with van der Waals surface area (Å²) in [5, 5.41) is 6.00. The number of hydrogen-bond acceptors (Lipinski definition) is 2. The first-order valence-electron chi connectivity index (χ1n) is 7.54. The third-order valence-electron chi connectivity index (χ3n) is 3.51. The molecular formula is C18H20ClN3O2. The second kappa shape index (κ2) is 8.36. The van der Waals surface area contributed by atoms with Gasteiger partial charge in [-0.2, -0.15) is 0 Å². The van der Waals surface area contributed by atoms with Crippen molar-refractivity contribution in [3.8, 4) is 0 Å². The SMILES string of the molecule is CN(C)C(=O)C[C@H](NC(=O)Nc1ccccc1Cl)c1ccccc1. The molecule has 1 atom stereocenters. The lowest BCUT2D eigenvalue weighted by Crippen LogP contribution is -2.36. The number of carbonyl (C=O) groups excluding carboxylic acids is 2. The number of halogens is 1. The van der Waals surface area contributed by atoms with Gasteiger partial charge in [-0.15, -0.1) is 0 Å². The summed E-state index contributed by atoms with van der Waals surface area (Å²) in [6.45, 7) is 0. The number of nitrogens with one attached hydrogen (secondary N) is 2. The molecule has 2 aromatic rings. The van der Waals surface area contributed by atoms with Crippen LogP contribution in [0, 0.1) is 0 Å². The molecule has 0 saturated carbocycles. The summed E-state index contributed by atoms with van der Waals surface area (Å²) in [5.74, 6) is -0.0677. The number of amides is 3. The van der Waals surface area contributed by atoms with E-state index in [0.717, 1.165) is 5.56 Å². The van der Waals surface area contributed by atoms with Crippen molar-refractivity contribution in [3.05, 3.63) is 65.2 Å². The van der Waals surface area contributed by atoms with Gasteiger partial charge in [0.2, 0.25) is 5.91 Å². The summed E-state index contributed by atoms with van der Waals surface area (Å²) in [6.07, 6.45) is 0.174. The molecule has 0 heterocycles. The number of nitrogens with zero attached hydrogens (tertiary/aromatic N) is 1. The third-order valence-corrected chi connectivity index (χ3v) is 3.84. The first-order valence-corrected chi connectivity index (χ1v) is 7.92. The molecule has 5 nitrogen and oxygen atoms in total. The van der Waals surface area contributed by atoms with Crippen molar-refractivity contribution in [2.24, 2.45) is 0 Å². The van der Waals surface area contributed by atoms with Crippen molar-refractivity contribution in [1.29, 1.82) is 0 Å². The first kappa shape index (κ1) is 17.8. The molecule has 0 aliphatic rings. The predicted molar refractivity (Wildman–Crippen MR) is 96.1 cm³/mol. The van der Waals surface area contributed by atoms with E-state index in [0.29, 0.717) is 10.7 Å². The second-order valence-electron chi connectivity index (χ2n) is 5.53. The van der Waals surface area contributed by atoms with Crippen molar-refractivity contribution < 1.29 is 9.59 Å². The molecule has 0 aliphatic heterocycles. The summed E-state index contributed by atoms with van der Waals surface area (Å²) in [4.78, 5) is 25.9. The molecule has 0 aliphatic carbocycles. The highest BCUT2D eigenvalue weighted by atomic mass is 35.5. The van der Waals surface area contributed by atoms with Gasteiger partial charge in [0.1, 0.15) is 0 Å². The lowest BCUT2D eigenvalue weighted by Gasteiger charge is -2.21. The van der Waals surface area contributed by atoms with Crippen molar-refractivity contribution >= 4 is 29.2 Å². The van der Waals surface area contributed by atoms with Gasteiger partial charge in [0.05, 0.1) is 23.2 Å². The largest absolute Gasteiger partial charge is 0.349 e. The minimum atomic E-state index is -0.427. The molecule has 24 heavy (non-hydrogen) atoms. The van der Waals surface area contributed by atoms with E-state index in [2.05, 4.69) is 10.6 Å². The van der Waals surface area contributed by atoms with Gasteiger partial charge in [-0.05, 0) is 17.7 Å². The maximum Gasteiger partial charge on any atom is 0.319 e. The molecule has 0 fully saturated rings. The van der Waals surface area contributed by atoms with Gasteiger partial charge in [0, 0.05) is 14.1 Å². The lowest BCUT2D eigenvalue weighted by atomic mass is 10.0.